The molecular weight excluding hydrogens is 220 g/mol. The molecule has 0 spiro atoms. The second-order valence-electron chi connectivity index (χ2n) is 3.81. The van der Waals surface area contributed by atoms with Gasteiger partial charge < -0.3 is 20.9 Å². The van der Waals surface area contributed by atoms with Gasteiger partial charge in [-0.05, 0) is 25.5 Å². The molecule has 1 atom stereocenters. The van der Waals surface area contributed by atoms with Crippen LogP contribution >= 0.6 is 0 Å². The SMILES string of the molecule is CC(CCO)NC(=O)COc1ccccc1N. The molecular formula is C12H18N2O3. The van der Waals surface area contributed by atoms with Crippen LogP contribution in [0.1, 0.15) is 13.3 Å². The van der Waals surface area contributed by atoms with E-state index in [9.17, 15) is 4.79 Å². The summed E-state index contributed by atoms with van der Waals surface area (Å²) >= 11 is 0. The number of nitrogen functional groups attached to an aromatic ring is 1. The molecule has 0 bridgehead atoms. The van der Waals surface area contributed by atoms with Crippen LogP contribution in [0.15, 0.2) is 24.3 Å². The minimum Gasteiger partial charge on any atom is -0.482 e. The predicted molar refractivity (Wildman–Crippen MR) is 65.7 cm³/mol. The van der Waals surface area contributed by atoms with E-state index in [4.69, 9.17) is 15.6 Å². The first-order valence-electron chi connectivity index (χ1n) is 5.51. The van der Waals surface area contributed by atoms with Crippen molar-refractivity contribution in [1.82, 2.24) is 5.32 Å². The van der Waals surface area contributed by atoms with Crippen LogP contribution in [0.3, 0.4) is 0 Å². The van der Waals surface area contributed by atoms with Crippen molar-refractivity contribution in [3.63, 3.8) is 0 Å². The molecule has 0 saturated heterocycles. The van der Waals surface area contributed by atoms with Gasteiger partial charge in [0.2, 0.25) is 0 Å². The highest BCUT2D eigenvalue weighted by Gasteiger charge is 2.08. The van der Waals surface area contributed by atoms with Crippen molar-refractivity contribution in [2.75, 3.05) is 18.9 Å². The fourth-order valence-electron chi connectivity index (χ4n) is 1.34. The first-order chi connectivity index (χ1) is 8.13. The standard InChI is InChI=1S/C12H18N2O3/c1-9(6-7-15)14-12(16)8-17-11-5-3-2-4-10(11)13/h2-5,9,15H,6-8,13H2,1H3,(H,14,16). The topological polar surface area (TPSA) is 84.6 Å². The minimum atomic E-state index is -0.228. The van der Waals surface area contributed by atoms with Gasteiger partial charge in [-0.2, -0.15) is 0 Å². The Morgan fingerprint density at radius 2 is 2.24 bits per heavy atom. The molecule has 1 unspecified atom stereocenters. The number of anilines is 1. The number of aliphatic hydroxyl groups is 1. The maximum Gasteiger partial charge on any atom is 0.258 e. The van der Waals surface area contributed by atoms with Crippen LogP contribution in [0, 0.1) is 0 Å². The van der Waals surface area contributed by atoms with E-state index in [0.717, 1.165) is 0 Å². The number of hydrogen-bond donors (Lipinski definition) is 3. The normalized spacial score (nSPS) is 11.9. The summed E-state index contributed by atoms with van der Waals surface area (Å²) in [6, 6.07) is 6.94. The summed E-state index contributed by atoms with van der Waals surface area (Å²) in [5.74, 6) is 0.270. The highest BCUT2D eigenvalue weighted by Crippen LogP contribution is 2.19. The lowest BCUT2D eigenvalue weighted by atomic mass is 10.2. The molecule has 17 heavy (non-hydrogen) atoms. The Kier molecular flexibility index (Phi) is 5.29. The lowest BCUT2D eigenvalue weighted by Crippen LogP contribution is -2.36. The summed E-state index contributed by atoms with van der Waals surface area (Å²) in [6.45, 7) is 1.79. The van der Waals surface area contributed by atoms with Crippen molar-refractivity contribution in [3.05, 3.63) is 24.3 Å². The number of carbonyl (C=O) groups is 1. The van der Waals surface area contributed by atoms with Crippen LogP contribution in [-0.4, -0.2) is 30.3 Å². The fraction of sp³-hybridized carbons (Fsp3) is 0.417. The van der Waals surface area contributed by atoms with Gasteiger partial charge in [0.1, 0.15) is 5.75 Å². The highest BCUT2D eigenvalue weighted by atomic mass is 16.5. The van der Waals surface area contributed by atoms with Crippen LogP contribution < -0.4 is 15.8 Å². The Hall–Kier alpha value is -1.75. The van der Waals surface area contributed by atoms with Crippen molar-refractivity contribution in [1.29, 1.82) is 0 Å². The Morgan fingerprint density at radius 1 is 1.53 bits per heavy atom. The van der Waals surface area contributed by atoms with Gasteiger partial charge in [0.05, 0.1) is 5.69 Å². The van der Waals surface area contributed by atoms with Crippen LogP contribution in [0.25, 0.3) is 0 Å². The molecule has 1 aromatic carbocycles. The van der Waals surface area contributed by atoms with E-state index in [-0.39, 0.29) is 25.2 Å². The van der Waals surface area contributed by atoms with Crippen LogP contribution in [0.5, 0.6) is 5.75 Å². The van der Waals surface area contributed by atoms with E-state index in [2.05, 4.69) is 5.32 Å². The molecule has 4 N–H and O–H groups in total. The molecule has 0 aromatic heterocycles. The van der Waals surface area contributed by atoms with E-state index >= 15 is 0 Å². The third kappa shape index (κ3) is 4.74. The molecule has 1 rings (SSSR count). The number of benzene rings is 1. The number of nitrogens with one attached hydrogen (secondary N) is 1. The zero-order chi connectivity index (χ0) is 12.7. The van der Waals surface area contributed by atoms with E-state index in [0.29, 0.717) is 17.9 Å². The predicted octanol–water partition coefficient (Wildman–Crippen LogP) is 0.535. The second-order valence-corrected chi connectivity index (χ2v) is 3.81. The van der Waals surface area contributed by atoms with Crippen molar-refractivity contribution in [2.45, 2.75) is 19.4 Å². The zero-order valence-electron chi connectivity index (χ0n) is 9.85. The van der Waals surface area contributed by atoms with E-state index < -0.39 is 0 Å². The van der Waals surface area contributed by atoms with Gasteiger partial charge in [0, 0.05) is 12.6 Å². The van der Waals surface area contributed by atoms with E-state index in [1.807, 2.05) is 6.92 Å². The van der Waals surface area contributed by atoms with Gasteiger partial charge in [0.25, 0.3) is 5.91 Å². The molecule has 0 aliphatic rings. The Balaban J connectivity index is 2.36. The zero-order valence-corrected chi connectivity index (χ0v) is 9.85. The second kappa shape index (κ2) is 6.75. The number of para-hydroxylation sites is 2. The number of rotatable bonds is 6. The largest absolute Gasteiger partial charge is 0.482 e. The molecule has 1 amide bonds. The maximum absolute atomic E-state index is 11.5. The molecule has 0 saturated carbocycles. The van der Waals surface area contributed by atoms with E-state index in [1.165, 1.54) is 0 Å². The fourth-order valence-corrected chi connectivity index (χ4v) is 1.34. The monoisotopic (exact) mass is 238 g/mol. The number of nitrogens with two attached hydrogens (primary N) is 1. The lowest BCUT2D eigenvalue weighted by molar-refractivity contribution is -0.123. The summed E-state index contributed by atoms with van der Waals surface area (Å²) in [5, 5.41) is 11.4. The third-order valence-corrected chi connectivity index (χ3v) is 2.25. The molecule has 1 aromatic rings. The number of ether oxygens (including phenoxy) is 1. The molecule has 0 aliphatic carbocycles. The van der Waals surface area contributed by atoms with Gasteiger partial charge in [0.15, 0.2) is 6.61 Å². The molecule has 94 valence electrons. The number of carbonyl (C=O) groups excluding carboxylic acids is 1. The Bertz CT molecular complexity index is 369. The molecule has 5 heteroatoms. The summed E-state index contributed by atoms with van der Waals surface area (Å²) < 4.78 is 5.28. The van der Waals surface area contributed by atoms with Crippen molar-refractivity contribution in [2.24, 2.45) is 0 Å². The number of hydrogen-bond acceptors (Lipinski definition) is 4. The molecule has 5 nitrogen and oxygen atoms in total. The quantitative estimate of drug-likeness (QED) is 0.631. The van der Waals surface area contributed by atoms with Gasteiger partial charge in [-0.25, -0.2) is 0 Å². The summed E-state index contributed by atoms with van der Waals surface area (Å²) in [7, 11) is 0. The third-order valence-electron chi connectivity index (χ3n) is 2.25. The lowest BCUT2D eigenvalue weighted by Gasteiger charge is -2.13. The Labute approximate surface area is 101 Å². The smallest absolute Gasteiger partial charge is 0.258 e. The van der Waals surface area contributed by atoms with Gasteiger partial charge >= 0.3 is 0 Å². The first kappa shape index (κ1) is 13.3. The molecule has 0 fully saturated rings. The first-order valence-corrected chi connectivity index (χ1v) is 5.51. The average Bonchev–Trinajstić information content (AvgIpc) is 2.28. The van der Waals surface area contributed by atoms with Gasteiger partial charge in [-0.3, -0.25) is 4.79 Å². The maximum atomic E-state index is 11.5. The average molecular weight is 238 g/mol. The van der Waals surface area contributed by atoms with Crippen LogP contribution in [0.2, 0.25) is 0 Å². The summed E-state index contributed by atoms with van der Waals surface area (Å²) in [6.07, 6.45) is 0.527. The van der Waals surface area contributed by atoms with Crippen LogP contribution in [0.4, 0.5) is 5.69 Å². The van der Waals surface area contributed by atoms with Crippen molar-refractivity contribution >= 4 is 11.6 Å². The minimum absolute atomic E-state index is 0.0495. The Morgan fingerprint density at radius 3 is 2.88 bits per heavy atom. The van der Waals surface area contributed by atoms with Gasteiger partial charge in [-0.1, -0.05) is 12.1 Å². The van der Waals surface area contributed by atoms with Crippen LogP contribution in [-0.2, 0) is 4.79 Å². The molecule has 0 heterocycles. The number of aliphatic hydroxyl groups excluding tert-OH is 1. The van der Waals surface area contributed by atoms with Gasteiger partial charge in [-0.15, -0.1) is 0 Å². The van der Waals surface area contributed by atoms with Crippen molar-refractivity contribution in [3.8, 4) is 5.75 Å². The summed E-state index contributed by atoms with van der Waals surface area (Å²) in [5.41, 5.74) is 6.17. The molecule has 0 aliphatic heterocycles. The summed E-state index contributed by atoms with van der Waals surface area (Å²) in [4.78, 5) is 11.5. The number of amides is 1. The highest BCUT2D eigenvalue weighted by molar-refractivity contribution is 5.78. The molecule has 0 radical (unpaired) electrons. The van der Waals surface area contributed by atoms with Crippen molar-refractivity contribution < 1.29 is 14.6 Å². The van der Waals surface area contributed by atoms with E-state index in [1.54, 1.807) is 24.3 Å².